The van der Waals surface area contributed by atoms with Crippen LogP contribution in [0.4, 0.5) is 0 Å². The summed E-state index contributed by atoms with van der Waals surface area (Å²) in [4.78, 5) is 12.0. The average molecular weight is 451 g/mol. The van der Waals surface area contributed by atoms with E-state index < -0.39 is 0 Å². The first-order chi connectivity index (χ1) is 16.0. The molecule has 0 bridgehead atoms. The van der Waals surface area contributed by atoms with E-state index in [9.17, 15) is 4.79 Å². The monoisotopic (exact) mass is 450 g/mol. The maximum atomic E-state index is 12.0. The van der Waals surface area contributed by atoms with E-state index in [-0.39, 0.29) is 24.1 Å². The first-order valence-electron chi connectivity index (χ1n) is 11.8. The van der Waals surface area contributed by atoms with Crippen LogP contribution in [0.5, 0.6) is 0 Å². The Morgan fingerprint density at radius 1 is 0.818 bits per heavy atom. The number of esters is 1. The summed E-state index contributed by atoms with van der Waals surface area (Å²) in [5, 5.41) is 0. The summed E-state index contributed by atoms with van der Waals surface area (Å²) >= 11 is 0. The van der Waals surface area contributed by atoms with E-state index in [0.29, 0.717) is 26.2 Å². The molecule has 3 atom stereocenters. The van der Waals surface area contributed by atoms with E-state index in [4.69, 9.17) is 14.2 Å². The highest BCUT2D eigenvalue weighted by Gasteiger charge is 2.20. The Morgan fingerprint density at radius 2 is 1.36 bits per heavy atom. The Bertz CT molecular complexity index is 854. The first kappa shape index (κ1) is 26.6. The number of ether oxygens (including phenoxy) is 3. The molecule has 0 aliphatic carbocycles. The van der Waals surface area contributed by atoms with Gasteiger partial charge in [-0.2, -0.15) is 0 Å². The molecule has 0 saturated heterocycles. The molecule has 0 aliphatic heterocycles. The Kier molecular flexibility index (Phi) is 12.2. The smallest absolute Gasteiger partial charge is 0.306 e. The molecule has 2 aromatic carbocycles. The lowest BCUT2D eigenvalue weighted by molar-refractivity contribution is -0.143. The molecule has 0 heterocycles. The molecule has 0 aliphatic rings. The normalized spacial score (nSPS) is 13.9. The predicted molar refractivity (Wildman–Crippen MR) is 134 cm³/mol. The zero-order valence-electron chi connectivity index (χ0n) is 20.4. The van der Waals surface area contributed by atoms with Gasteiger partial charge in [-0.25, -0.2) is 0 Å². The fraction of sp³-hybridized carbons (Fsp3) is 0.414. The van der Waals surface area contributed by atoms with E-state index in [0.717, 1.165) is 23.1 Å². The second-order valence-corrected chi connectivity index (χ2v) is 8.33. The van der Waals surface area contributed by atoms with Crippen molar-refractivity contribution >= 4 is 5.97 Å². The van der Waals surface area contributed by atoms with Crippen LogP contribution in [0.15, 0.2) is 84.5 Å². The van der Waals surface area contributed by atoms with Crippen LogP contribution >= 0.6 is 0 Å². The summed E-state index contributed by atoms with van der Waals surface area (Å²) in [6, 6.07) is 20.3. The molecule has 2 rings (SSSR count). The second kappa shape index (κ2) is 15.2. The van der Waals surface area contributed by atoms with Gasteiger partial charge in [0.25, 0.3) is 0 Å². The first-order valence-corrected chi connectivity index (χ1v) is 11.8. The SMILES string of the molecule is CCOC(=O)C[C@H](/C=C/[C@H](OCc1ccccc1)[C@H](C=C(C)C)OCc1ccccc1)CC. The van der Waals surface area contributed by atoms with Crippen molar-refractivity contribution in [1.82, 2.24) is 0 Å². The third-order valence-corrected chi connectivity index (χ3v) is 5.22. The zero-order chi connectivity index (χ0) is 23.9. The number of hydrogen-bond donors (Lipinski definition) is 0. The molecule has 178 valence electrons. The minimum Gasteiger partial charge on any atom is -0.466 e. The van der Waals surface area contributed by atoms with Gasteiger partial charge in [0.15, 0.2) is 0 Å². The van der Waals surface area contributed by atoms with Crippen LogP contribution in [0, 0.1) is 5.92 Å². The number of benzene rings is 2. The molecule has 4 nitrogen and oxygen atoms in total. The van der Waals surface area contributed by atoms with Crippen molar-refractivity contribution in [3.05, 3.63) is 95.6 Å². The number of rotatable bonds is 14. The summed E-state index contributed by atoms with van der Waals surface area (Å²) in [6.07, 6.45) is 6.89. The van der Waals surface area contributed by atoms with Gasteiger partial charge < -0.3 is 14.2 Å². The van der Waals surface area contributed by atoms with E-state index in [1.807, 2.05) is 49.4 Å². The summed E-state index contributed by atoms with van der Waals surface area (Å²) in [5.74, 6) is -0.0784. The third-order valence-electron chi connectivity index (χ3n) is 5.22. The topological polar surface area (TPSA) is 44.8 Å². The quantitative estimate of drug-likeness (QED) is 0.238. The third kappa shape index (κ3) is 10.6. The Hall–Kier alpha value is -2.69. The van der Waals surface area contributed by atoms with Crippen LogP contribution in [-0.2, 0) is 32.2 Å². The maximum Gasteiger partial charge on any atom is 0.306 e. The van der Waals surface area contributed by atoms with Crippen LogP contribution in [0.25, 0.3) is 0 Å². The molecule has 0 aromatic heterocycles. The average Bonchev–Trinajstić information content (AvgIpc) is 2.82. The van der Waals surface area contributed by atoms with Crippen molar-refractivity contribution < 1.29 is 19.0 Å². The van der Waals surface area contributed by atoms with Crippen molar-refractivity contribution in [2.45, 2.75) is 66.0 Å². The molecule has 0 unspecified atom stereocenters. The molecule has 0 fully saturated rings. The highest BCUT2D eigenvalue weighted by molar-refractivity contribution is 5.69. The van der Waals surface area contributed by atoms with Gasteiger partial charge in [-0.1, -0.05) is 91.4 Å². The standard InChI is InChI=1S/C29H38O4/c1-5-24(20-29(30)31-6-2)17-18-27(32-21-25-13-9-7-10-14-25)28(19-23(3)4)33-22-26-15-11-8-12-16-26/h7-19,24,27-28H,5-6,20-22H2,1-4H3/b18-17+/t24-,27-,28-/m0/s1. The summed E-state index contributed by atoms with van der Waals surface area (Å²) in [5.41, 5.74) is 3.38. The minimum absolute atomic E-state index is 0.0911. The lowest BCUT2D eigenvalue weighted by Crippen LogP contribution is -2.29. The highest BCUT2D eigenvalue weighted by atomic mass is 16.5. The van der Waals surface area contributed by atoms with Crippen molar-refractivity contribution in [2.75, 3.05) is 6.61 Å². The molecular formula is C29H38O4. The van der Waals surface area contributed by atoms with Crippen molar-refractivity contribution in [3.8, 4) is 0 Å². The summed E-state index contributed by atoms with van der Waals surface area (Å²) < 4.78 is 17.8. The van der Waals surface area contributed by atoms with Crippen LogP contribution in [0.2, 0.25) is 0 Å². The summed E-state index contributed by atoms with van der Waals surface area (Å²) in [7, 11) is 0. The Morgan fingerprint density at radius 3 is 1.85 bits per heavy atom. The number of carbonyl (C=O) groups is 1. The molecule has 0 amide bonds. The van der Waals surface area contributed by atoms with Gasteiger partial charge in [0.2, 0.25) is 0 Å². The lowest BCUT2D eigenvalue weighted by atomic mass is 10.00. The van der Waals surface area contributed by atoms with Crippen LogP contribution in [-0.4, -0.2) is 24.8 Å². The van der Waals surface area contributed by atoms with Gasteiger partial charge in [-0.05, 0) is 44.2 Å². The van der Waals surface area contributed by atoms with E-state index in [1.54, 1.807) is 0 Å². The molecule has 0 spiro atoms. The largest absolute Gasteiger partial charge is 0.466 e. The van der Waals surface area contributed by atoms with Gasteiger partial charge in [-0.15, -0.1) is 0 Å². The van der Waals surface area contributed by atoms with Crippen molar-refractivity contribution in [3.63, 3.8) is 0 Å². The van der Waals surface area contributed by atoms with E-state index in [1.165, 1.54) is 0 Å². The molecule has 0 saturated carbocycles. The lowest BCUT2D eigenvalue weighted by Gasteiger charge is -2.24. The van der Waals surface area contributed by atoms with Crippen LogP contribution in [0.3, 0.4) is 0 Å². The van der Waals surface area contributed by atoms with Gasteiger partial charge >= 0.3 is 5.97 Å². The Balaban J connectivity index is 2.20. The summed E-state index contributed by atoms with van der Waals surface area (Å²) in [6.45, 7) is 9.40. The van der Waals surface area contributed by atoms with Gasteiger partial charge in [0, 0.05) is 0 Å². The fourth-order valence-corrected chi connectivity index (χ4v) is 3.41. The number of hydrogen-bond acceptors (Lipinski definition) is 4. The number of allylic oxidation sites excluding steroid dienone is 2. The molecule has 0 N–H and O–H groups in total. The molecule has 4 heteroatoms. The molecule has 33 heavy (non-hydrogen) atoms. The molecule has 0 radical (unpaired) electrons. The number of carbonyl (C=O) groups excluding carboxylic acids is 1. The fourth-order valence-electron chi connectivity index (χ4n) is 3.41. The Labute approximate surface area is 199 Å². The molecule has 2 aromatic rings. The van der Waals surface area contributed by atoms with Crippen molar-refractivity contribution in [1.29, 1.82) is 0 Å². The van der Waals surface area contributed by atoms with Gasteiger partial charge in [0.1, 0.15) is 12.2 Å². The van der Waals surface area contributed by atoms with E-state index >= 15 is 0 Å². The molecular weight excluding hydrogens is 412 g/mol. The minimum atomic E-state index is -0.292. The van der Waals surface area contributed by atoms with Crippen molar-refractivity contribution in [2.24, 2.45) is 5.92 Å². The highest BCUT2D eigenvalue weighted by Crippen LogP contribution is 2.19. The van der Waals surface area contributed by atoms with Crippen LogP contribution < -0.4 is 0 Å². The second-order valence-electron chi connectivity index (χ2n) is 8.33. The predicted octanol–water partition coefficient (Wildman–Crippen LogP) is 6.66. The maximum absolute atomic E-state index is 12.0. The zero-order valence-corrected chi connectivity index (χ0v) is 20.4. The van der Waals surface area contributed by atoms with Gasteiger partial charge in [0.05, 0.1) is 26.2 Å². The van der Waals surface area contributed by atoms with Gasteiger partial charge in [-0.3, -0.25) is 4.79 Å². The van der Waals surface area contributed by atoms with E-state index in [2.05, 4.69) is 57.2 Å². The van der Waals surface area contributed by atoms with Crippen LogP contribution in [0.1, 0.15) is 51.7 Å².